The molecule has 0 N–H and O–H groups in total. The zero-order valence-corrected chi connectivity index (χ0v) is 20.2. The molecule has 0 aliphatic carbocycles. The molecule has 0 unspecified atom stereocenters. The first-order valence-corrected chi connectivity index (χ1v) is 20.3. The Morgan fingerprint density at radius 3 is 1.36 bits per heavy atom. The van der Waals surface area contributed by atoms with E-state index in [-0.39, 0.29) is 0 Å². The van der Waals surface area contributed by atoms with Crippen molar-refractivity contribution in [3.63, 3.8) is 0 Å². The van der Waals surface area contributed by atoms with Crippen molar-refractivity contribution in [3.8, 4) is 0 Å². The monoisotopic (exact) mass is 524 g/mol. The Bertz CT molecular complexity index is 188. The summed E-state index contributed by atoms with van der Waals surface area (Å²) in [6, 6.07) is 0. The van der Waals surface area contributed by atoms with E-state index in [0.717, 1.165) is 0 Å². The van der Waals surface area contributed by atoms with Crippen molar-refractivity contribution in [2.45, 2.75) is 119 Å². The van der Waals surface area contributed by atoms with Gasteiger partial charge in [-0.1, -0.05) is 6.92 Å². The van der Waals surface area contributed by atoms with Gasteiger partial charge < -0.3 is 0 Å². The van der Waals surface area contributed by atoms with Gasteiger partial charge in [0.15, 0.2) is 0 Å². The van der Waals surface area contributed by atoms with E-state index in [2.05, 4.69) is 29.3 Å². The molecule has 0 atom stereocenters. The van der Waals surface area contributed by atoms with Crippen molar-refractivity contribution in [2.75, 3.05) is 5.75 Å². The predicted octanol–water partition coefficient (Wildman–Crippen LogP) is 8.23. The molecule has 0 amide bonds. The van der Waals surface area contributed by atoms with Gasteiger partial charge >= 0.3 is 147 Å². The number of unbranched alkanes of at least 4 members (excludes halogenated alkanes) is 11. The molecule has 0 aliphatic heterocycles. The van der Waals surface area contributed by atoms with Crippen molar-refractivity contribution >= 4 is 28.8 Å². The molecule has 0 aromatic heterocycles. The summed E-state index contributed by atoms with van der Waals surface area (Å²) in [5.41, 5.74) is 0. The van der Waals surface area contributed by atoms with E-state index < -0.39 is 20.3 Å². The number of hydrogen-bond donors (Lipinski definition) is 0. The standard InChI is InChI=1S/C12H26S.2C4H9.Bi/c1-2-3-4-5-6-7-8-9-10-11-12-13;2*1-3-4-2;/h13H,2-12H2,1H3;2*1,3-4H2,2H3;/q;;;+1/p-1. The van der Waals surface area contributed by atoms with E-state index in [1.165, 1.54) is 95.6 Å². The summed E-state index contributed by atoms with van der Waals surface area (Å²) in [4.78, 5) is 0. The second kappa shape index (κ2) is 20.3. The van der Waals surface area contributed by atoms with Crippen LogP contribution in [-0.2, 0) is 0 Å². The molecule has 0 spiro atoms. The van der Waals surface area contributed by atoms with Gasteiger partial charge in [-0.2, -0.15) is 0 Å². The van der Waals surface area contributed by atoms with Crippen LogP contribution in [0.15, 0.2) is 0 Å². The van der Waals surface area contributed by atoms with E-state index in [4.69, 9.17) is 0 Å². The molecule has 0 saturated heterocycles. The van der Waals surface area contributed by atoms with Crippen LogP contribution in [0.1, 0.15) is 111 Å². The van der Waals surface area contributed by atoms with Crippen molar-refractivity contribution in [1.29, 1.82) is 0 Å². The van der Waals surface area contributed by atoms with Gasteiger partial charge in [-0.15, -0.1) is 0 Å². The summed E-state index contributed by atoms with van der Waals surface area (Å²) in [6.45, 7) is 7.01. The third kappa shape index (κ3) is 17.6. The Morgan fingerprint density at radius 2 is 0.909 bits per heavy atom. The van der Waals surface area contributed by atoms with Crippen molar-refractivity contribution in [1.82, 2.24) is 0 Å². The first-order valence-electron chi connectivity index (χ1n) is 10.2. The molecular formula is C20H43BiS. The van der Waals surface area contributed by atoms with Crippen LogP contribution < -0.4 is 0 Å². The molecule has 134 valence electrons. The van der Waals surface area contributed by atoms with Gasteiger partial charge in [-0.05, 0) is 0 Å². The average molecular weight is 525 g/mol. The zero-order valence-electron chi connectivity index (χ0n) is 15.9. The summed E-state index contributed by atoms with van der Waals surface area (Å²) < 4.78 is 3.32. The Labute approximate surface area is 152 Å². The second-order valence-corrected chi connectivity index (χ2v) is 22.1. The van der Waals surface area contributed by atoms with Gasteiger partial charge in [0.1, 0.15) is 0 Å². The third-order valence-electron chi connectivity index (χ3n) is 4.29. The summed E-state index contributed by atoms with van der Waals surface area (Å²) in [6.07, 6.45) is 20.6. The summed E-state index contributed by atoms with van der Waals surface area (Å²) >= 11 is -1.08. The van der Waals surface area contributed by atoms with Crippen molar-refractivity contribution in [3.05, 3.63) is 0 Å². The van der Waals surface area contributed by atoms with Crippen LogP contribution in [0.3, 0.4) is 0 Å². The third-order valence-corrected chi connectivity index (χ3v) is 21.1. The molecule has 0 rings (SSSR count). The molecule has 0 saturated carbocycles. The normalized spacial score (nSPS) is 11.5. The van der Waals surface area contributed by atoms with E-state index in [9.17, 15) is 0 Å². The summed E-state index contributed by atoms with van der Waals surface area (Å²) in [5.74, 6) is 1.50. The molecule has 0 aromatic rings. The maximum absolute atomic E-state index is 2.48. The van der Waals surface area contributed by atoms with E-state index in [1.54, 1.807) is 8.26 Å². The number of rotatable bonds is 18. The van der Waals surface area contributed by atoms with Gasteiger partial charge in [0.25, 0.3) is 0 Å². The molecule has 0 radical (unpaired) electrons. The number of hydrogen-bond acceptors (Lipinski definition) is 1. The summed E-state index contributed by atoms with van der Waals surface area (Å²) in [7, 11) is 2.48. The Balaban J connectivity index is 3.33. The molecule has 22 heavy (non-hydrogen) atoms. The van der Waals surface area contributed by atoms with Crippen molar-refractivity contribution < 1.29 is 0 Å². The van der Waals surface area contributed by atoms with Crippen molar-refractivity contribution in [2.24, 2.45) is 0 Å². The predicted molar refractivity (Wildman–Crippen MR) is 109 cm³/mol. The maximum atomic E-state index is 2.48. The zero-order chi connectivity index (χ0) is 16.3. The van der Waals surface area contributed by atoms with Gasteiger partial charge in [0.2, 0.25) is 0 Å². The minimum atomic E-state index is -1.08. The van der Waals surface area contributed by atoms with Crippen LogP contribution in [0, 0.1) is 0 Å². The molecule has 0 aromatic carbocycles. The molecule has 2 heteroatoms. The van der Waals surface area contributed by atoms with Crippen LogP contribution in [0.4, 0.5) is 0 Å². The molecule has 0 nitrogen and oxygen atoms in total. The quantitative estimate of drug-likeness (QED) is 0.129. The fourth-order valence-electron chi connectivity index (χ4n) is 2.69. The molecule has 0 bridgehead atoms. The summed E-state index contributed by atoms with van der Waals surface area (Å²) in [5, 5.41) is 0. The van der Waals surface area contributed by atoms with E-state index in [0.29, 0.717) is 0 Å². The SMILES string of the molecule is CCCCCCCCCCCC[S][Bi]([CH2]CCC)[CH2]CCC. The van der Waals surface area contributed by atoms with Crippen LogP contribution in [0.2, 0.25) is 8.26 Å². The van der Waals surface area contributed by atoms with Gasteiger partial charge in [0.05, 0.1) is 0 Å². The van der Waals surface area contributed by atoms with Gasteiger partial charge in [-0.25, -0.2) is 0 Å². The van der Waals surface area contributed by atoms with E-state index >= 15 is 0 Å². The fraction of sp³-hybridized carbons (Fsp3) is 1.00. The average Bonchev–Trinajstić information content (AvgIpc) is 2.54. The first-order chi connectivity index (χ1) is 10.8. The fourth-order valence-corrected chi connectivity index (χ4v) is 19.4. The van der Waals surface area contributed by atoms with Gasteiger partial charge in [0, 0.05) is 0 Å². The minimum absolute atomic E-state index is 1.08. The molecular weight excluding hydrogens is 481 g/mol. The van der Waals surface area contributed by atoms with Crippen LogP contribution in [0.25, 0.3) is 0 Å². The van der Waals surface area contributed by atoms with E-state index in [1.807, 2.05) is 0 Å². The topological polar surface area (TPSA) is 0 Å². The van der Waals surface area contributed by atoms with Gasteiger partial charge in [-0.3, -0.25) is 0 Å². The van der Waals surface area contributed by atoms with Crippen LogP contribution in [-0.4, -0.2) is 26.0 Å². The second-order valence-electron chi connectivity index (χ2n) is 6.65. The molecule has 0 heterocycles. The first kappa shape index (κ1) is 23.2. The molecule has 0 aliphatic rings. The Hall–Kier alpha value is 1.23. The Morgan fingerprint density at radius 1 is 0.500 bits per heavy atom. The van der Waals surface area contributed by atoms with Crippen LogP contribution in [0.5, 0.6) is 0 Å². The Kier molecular flexibility index (Phi) is 21.4. The molecule has 0 fully saturated rings. The van der Waals surface area contributed by atoms with Crippen LogP contribution >= 0.6 is 8.52 Å².